The Morgan fingerprint density at radius 1 is 1.15 bits per heavy atom. The first-order chi connectivity index (χ1) is 9.32. The number of anilines is 1. The molecule has 2 N–H and O–H groups in total. The molecule has 1 saturated carbocycles. The fraction of sp³-hybridized carbons (Fsp3) is 0.500. The summed E-state index contributed by atoms with van der Waals surface area (Å²) in [5.74, 6) is 0.744. The Hall–Kier alpha value is -1.28. The number of nitrogens with one attached hydrogen (secondary N) is 2. The van der Waals surface area contributed by atoms with Gasteiger partial charge in [0.2, 0.25) is 0 Å². The minimum Gasteiger partial charge on any atom is -0.381 e. The predicted molar refractivity (Wildman–Crippen MR) is 66.9 cm³/mol. The van der Waals surface area contributed by atoms with Gasteiger partial charge in [-0.25, -0.2) is 8.42 Å². The lowest BCUT2D eigenvalue weighted by Crippen LogP contribution is -2.26. The van der Waals surface area contributed by atoms with Crippen LogP contribution < -0.4 is 10.6 Å². The number of benzene rings is 1. The van der Waals surface area contributed by atoms with Gasteiger partial charge < -0.3 is 10.6 Å². The highest BCUT2D eigenvalue weighted by atomic mass is 32.2. The van der Waals surface area contributed by atoms with Crippen molar-refractivity contribution in [2.45, 2.75) is 16.4 Å². The minimum absolute atomic E-state index is 0.0317. The first-order valence-electron chi connectivity index (χ1n) is 6.20. The SMILES string of the molecule is O=S(=O)(c1ccccc1NC1C2CNCC21)C(F)(F)F. The van der Waals surface area contributed by atoms with E-state index in [2.05, 4.69) is 10.6 Å². The van der Waals surface area contributed by atoms with Crippen molar-refractivity contribution in [2.24, 2.45) is 11.8 Å². The molecule has 2 unspecified atom stereocenters. The summed E-state index contributed by atoms with van der Waals surface area (Å²) in [6.07, 6.45) is 0. The van der Waals surface area contributed by atoms with Gasteiger partial charge >= 0.3 is 5.51 Å². The van der Waals surface area contributed by atoms with Crippen molar-refractivity contribution in [3.05, 3.63) is 24.3 Å². The topological polar surface area (TPSA) is 58.2 Å². The Labute approximate surface area is 114 Å². The van der Waals surface area contributed by atoms with Crippen LogP contribution in [0.1, 0.15) is 0 Å². The number of fused-ring (bicyclic) bond motifs is 1. The fourth-order valence-electron chi connectivity index (χ4n) is 2.76. The van der Waals surface area contributed by atoms with Gasteiger partial charge in [-0.2, -0.15) is 13.2 Å². The lowest BCUT2D eigenvalue weighted by atomic mass is 10.3. The molecule has 0 radical (unpaired) electrons. The smallest absolute Gasteiger partial charge is 0.381 e. The zero-order valence-corrected chi connectivity index (χ0v) is 11.1. The Morgan fingerprint density at radius 3 is 2.35 bits per heavy atom. The molecule has 0 amide bonds. The van der Waals surface area contributed by atoms with E-state index in [0.717, 1.165) is 19.2 Å². The van der Waals surface area contributed by atoms with Crippen LogP contribution in [-0.2, 0) is 9.84 Å². The average molecular weight is 306 g/mol. The summed E-state index contributed by atoms with van der Waals surface area (Å²) in [6.45, 7) is 1.63. The van der Waals surface area contributed by atoms with Gasteiger partial charge in [-0.15, -0.1) is 0 Å². The molecule has 1 aromatic carbocycles. The summed E-state index contributed by atoms with van der Waals surface area (Å²) >= 11 is 0. The quantitative estimate of drug-likeness (QED) is 0.891. The molecule has 1 aliphatic carbocycles. The summed E-state index contributed by atoms with van der Waals surface area (Å²) in [6, 6.07) is 5.23. The van der Waals surface area contributed by atoms with E-state index in [0.29, 0.717) is 11.8 Å². The second-order valence-corrected chi connectivity index (χ2v) is 7.01. The Bertz CT molecular complexity index is 620. The molecule has 1 heterocycles. The van der Waals surface area contributed by atoms with Crippen molar-refractivity contribution < 1.29 is 21.6 Å². The standard InChI is InChI=1S/C12H13F3N2O2S/c13-12(14,15)20(18,19)10-4-2-1-3-9(10)17-11-7-5-16-6-8(7)11/h1-4,7-8,11,16-17H,5-6H2. The summed E-state index contributed by atoms with van der Waals surface area (Å²) in [5, 5.41) is 6.11. The third-order valence-corrected chi connectivity index (χ3v) is 5.44. The highest BCUT2D eigenvalue weighted by Crippen LogP contribution is 2.45. The van der Waals surface area contributed by atoms with E-state index >= 15 is 0 Å². The monoisotopic (exact) mass is 306 g/mol. The van der Waals surface area contributed by atoms with Crippen molar-refractivity contribution >= 4 is 15.5 Å². The molecule has 1 aromatic rings. The van der Waals surface area contributed by atoms with E-state index in [1.54, 1.807) is 0 Å². The van der Waals surface area contributed by atoms with E-state index in [1.165, 1.54) is 18.2 Å². The second-order valence-electron chi connectivity index (χ2n) is 5.10. The summed E-state index contributed by atoms with van der Waals surface area (Å²) in [5.41, 5.74) is -5.25. The van der Waals surface area contributed by atoms with Crippen LogP contribution in [0.3, 0.4) is 0 Å². The fourth-order valence-corrected chi connectivity index (χ4v) is 3.68. The largest absolute Gasteiger partial charge is 0.501 e. The third kappa shape index (κ3) is 2.07. The molecule has 2 atom stereocenters. The van der Waals surface area contributed by atoms with E-state index in [1.807, 2.05) is 0 Å². The maximum absolute atomic E-state index is 12.7. The number of para-hydroxylation sites is 1. The maximum atomic E-state index is 12.7. The van der Waals surface area contributed by atoms with Crippen molar-refractivity contribution in [2.75, 3.05) is 18.4 Å². The van der Waals surface area contributed by atoms with Crippen LogP contribution in [0.15, 0.2) is 29.2 Å². The molecule has 2 aliphatic rings. The van der Waals surface area contributed by atoms with Crippen molar-refractivity contribution in [3.8, 4) is 0 Å². The number of alkyl halides is 3. The molecule has 8 heteroatoms. The van der Waals surface area contributed by atoms with Gasteiger partial charge in [0.25, 0.3) is 9.84 Å². The number of halogens is 3. The lowest BCUT2D eigenvalue weighted by Gasteiger charge is -2.15. The number of hydrogen-bond acceptors (Lipinski definition) is 4. The molecule has 1 aliphatic heterocycles. The van der Waals surface area contributed by atoms with Crippen LogP contribution in [0.4, 0.5) is 18.9 Å². The zero-order valence-electron chi connectivity index (χ0n) is 10.3. The number of piperidine rings is 1. The Kier molecular flexibility index (Phi) is 2.98. The van der Waals surface area contributed by atoms with Gasteiger partial charge in [-0.05, 0) is 24.0 Å². The molecular formula is C12H13F3N2O2S. The van der Waals surface area contributed by atoms with Gasteiger partial charge in [0.1, 0.15) is 0 Å². The first kappa shape index (κ1) is 13.7. The van der Waals surface area contributed by atoms with Crippen LogP contribution in [0, 0.1) is 11.8 Å². The van der Waals surface area contributed by atoms with Crippen LogP contribution in [0.25, 0.3) is 0 Å². The average Bonchev–Trinajstić information content (AvgIpc) is 2.82. The summed E-state index contributed by atoms with van der Waals surface area (Å²) in [7, 11) is -5.33. The molecule has 0 spiro atoms. The van der Waals surface area contributed by atoms with Crippen LogP contribution >= 0.6 is 0 Å². The minimum atomic E-state index is -5.33. The predicted octanol–water partition coefficient (Wildman–Crippen LogP) is 1.61. The van der Waals surface area contributed by atoms with Crippen molar-refractivity contribution in [1.82, 2.24) is 5.32 Å². The summed E-state index contributed by atoms with van der Waals surface area (Å²) in [4.78, 5) is -0.703. The van der Waals surface area contributed by atoms with Gasteiger partial charge in [0.15, 0.2) is 0 Å². The molecule has 0 aromatic heterocycles. The molecule has 4 nitrogen and oxygen atoms in total. The molecule has 110 valence electrons. The van der Waals surface area contributed by atoms with E-state index < -0.39 is 20.2 Å². The number of rotatable bonds is 3. The van der Waals surface area contributed by atoms with Crippen molar-refractivity contribution in [3.63, 3.8) is 0 Å². The normalized spacial score (nSPS) is 29.1. The number of hydrogen-bond donors (Lipinski definition) is 2. The van der Waals surface area contributed by atoms with Gasteiger partial charge in [0, 0.05) is 19.1 Å². The van der Waals surface area contributed by atoms with Crippen molar-refractivity contribution in [1.29, 1.82) is 0 Å². The molecule has 2 fully saturated rings. The first-order valence-corrected chi connectivity index (χ1v) is 7.68. The maximum Gasteiger partial charge on any atom is 0.501 e. The Balaban J connectivity index is 1.89. The lowest BCUT2D eigenvalue weighted by molar-refractivity contribution is -0.0435. The number of sulfone groups is 1. The third-order valence-electron chi connectivity index (χ3n) is 3.90. The highest BCUT2D eigenvalue weighted by Gasteiger charge is 2.54. The molecule has 0 bridgehead atoms. The molecule has 20 heavy (non-hydrogen) atoms. The van der Waals surface area contributed by atoms with E-state index in [-0.39, 0.29) is 11.7 Å². The van der Waals surface area contributed by atoms with Gasteiger partial charge in [-0.1, -0.05) is 12.1 Å². The molecule has 3 rings (SSSR count). The van der Waals surface area contributed by atoms with Crippen LogP contribution in [0.2, 0.25) is 0 Å². The molecule has 1 saturated heterocycles. The van der Waals surface area contributed by atoms with E-state index in [9.17, 15) is 21.6 Å². The summed E-state index contributed by atoms with van der Waals surface area (Å²) < 4.78 is 61.1. The zero-order chi connectivity index (χ0) is 14.5. The highest BCUT2D eigenvalue weighted by molar-refractivity contribution is 7.92. The van der Waals surface area contributed by atoms with Crippen LogP contribution in [0.5, 0.6) is 0 Å². The van der Waals surface area contributed by atoms with Crippen LogP contribution in [-0.4, -0.2) is 33.1 Å². The van der Waals surface area contributed by atoms with E-state index in [4.69, 9.17) is 0 Å². The molecular weight excluding hydrogens is 293 g/mol. The second kappa shape index (κ2) is 4.36. The Morgan fingerprint density at radius 2 is 1.75 bits per heavy atom. The van der Waals surface area contributed by atoms with Gasteiger partial charge in [-0.3, -0.25) is 0 Å². The van der Waals surface area contributed by atoms with Gasteiger partial charge in [0.05, 0.1) is 10.6 Å².